The molecule has 1 aliphatic carbocycles. The van der Waals surface area contributed by atoms with Crippen LogP contribution in [0, 0.1) is 5.92 Å². The molecule has 5 nitrogen and oxygen atoms in total. The van der Waals surface area contributed by atoms with Crippen molar-refractivity contribution in [2.45, 2.75) is 50.9 Å². The largest absolute Gasteiger partial charge is 1.00 e. The van der Waals surface area contributed by atoms with Crippen LogP contribution in [0.5, 0.6) is 0 Å². The number of quaternary nitrogens is 1. The quantitative estimate of drug-likeness (QED) is 0.324. The van der Waals surface area contributed by atoms with Crippen molar-refractivity contribution < 1.29 is 35.7 Å². The summed E-state index contributed by atoms with van der Waals surface area (Å²) in [6.07, 6.45) is 7.28. The second-order valence-electron chi connectivity index (χ2n) is 9.95. The van der Waals surface area contributed by atoms with Crippen molar-refractivity contribution in [3.05, 3.63) is 89.6 Å². The van der Waals surface area contributed by atoms with Crippen molar-refractivity contribution in [2.24, 2.45) is 5.92 Å². The van der Waals surface area contributed by atoms with Crippen LogP contribution in [0.2, 0.25) is 0 Å². The first-order valence-electron chi connectivity index (χ1n) is 12.1. The number of nitrogens with zero attached hydrogens (tertiary/aromatic N) is 2. The number of rotatable bonds is 10. The molecule has 1 atom stereocenters. The molecule has 1 aromatic heterocycles. The molecule has 0 amide bonds. The molecule has 4 rings (SSSR count). The van der Waals surface area contributed by atoms with Crippen LogP contribution in [0.3, 0.4) is 0 Å². The number of ether oxygens (including phenoxy) is 1. The first kappa shape index (κ1) is 26.6. The summed E-state index contributed by atoms with van der Waals surface area (Å²) in [5.41, 5.74) is 0.870. The predicted octanol–water partition coefficient (Wildman–Crippen LogP) is 2.29. The van der Waals surface area contributed by atoms with Crippen LogP contribution in [-0.2, 0) is 23.5 Å². The van der Waals surface area contributed by atoms with Crippen molar-refractivity contribution in [2.75, 3.05) is 27.2 Å². The molecular weight excluding hydrogens is 492 g/mol. The van der Waals surface area contributed by atoms with Gasteiger partial charge >= 0.3 is 0 Å². The number of hydrogen-bond acceptors (Lipinski definition) is 4. The normalized spacial score (nSPS) is 16.6. The van der Waals surface area contributed by atoms with Crippen LogP contribution in [0.25, 0.3) is 0 Å². The standard InChI is InChI=1S/C28H37N2O3.BrH/c1-30(2,18-19-32-22-23-12-6-3-7-13-23)21-26-20-29-27(33-26)28(31,24-14-8-4-9-15-24)25-16-10-5-11-17-25;/h3-4,6-9,12-15,20,25,31H,5,10-11,16-19,21-22H2,1-2H3;1H/q+1;/p-1/t28-;/m0./s1. The smallest absolute Gasteiger partial charge is 0.231 e. The highest BCUT2D eigenvalue weighted by Crippen LogP contribution is 2.43. The van der Waals surface area contributed by atoms with E-state index in [2.05, 4.69) is 31.2 Å². The first-order valence-corrected chi connectivity index (χ1v) is 12.1. The van der Waals surface area contributed by atoms with E-state index in [0.717, 1.165) is 48.0 Å². The number of oxazole rings is 1. The maximum Gasteiger partial charge on any atom is 0.231 e. The minimum Gasteiger partial charge on any atom is -1.00 e. The van der Waals surface area contributed by atoms with Gasteiger partial charge in [0.25, 0.3) is 0 Å². The van der Waals surface area contributed by atoms with Gasteiger partial charge in [-0.1, -0.05) is 79.9 Å². The molecular formula is C28H37BrN2O3. The molecule has 0 saturated heterocycles. The summed E-state index contributed by atoms with van der Waals surface area (Å²) < 4.78 is 12.9. The lowest BCUT2D eigenvalue weighted by Gasteiger charge is -2.36. The molecule has 3 aromatic rings. The molecule has 6 heteroatoms. The van der Waals surface area contributed by atoms with E-state index in [1.165, 1.54) is 12.0 Å². The highest BCUT2D eigenvalue weighted by Gasteiger charge is 2.44. The van der Waals surface area contributed by atoms with Crippen molar-refractivity contribution >= 4 is 0 Å². The molecule has 184 valence electrons. The van der Waals surface area contributed by atoms with Gasteiger partial charge in [0.05, 0.1) is 33.5 Å². The highest BCUT2D eigenvalue weighted by atomic mass is 79.9. The van der Waals surface area contributed by atoms with E-state index in [0.29, 0.717) is 25.6 Å². The van der Waals surface area contributed by atoms with Crippen LogP contribution in [0.4, 0.5) is 0 Å². The topological polar surface area (TPSA) is 55.5 Å². The average Bonchev–Trinajstić information content (AvgIpc) is 3.31. The Hall–Kier alpha value is -1.99. The number of halogens is 1. The van der Waals surface area contributed by atoms with Crippen LogP contribution in [-0.4, -0.2) is 41.8 Å². The minimum atomic E-state index is -1.18. The molecule has 2 aromatic carbocycles. The van der Waals surface area contributed by atoms with Crippen LogP contribution in [0.15, 0.2) is 71.3 Å². The molecule has 0 unspecified atom stereocenters. The molecule has 0 bridgehead atoms. The molecule has 1 N–H and O–H groups in total. The van der Waals surface area contributed by atoms with Crippen LogP contribution in [0.1, 0.15) is 54.9 Å². The summed E-state index contributed by atoms with van der Waals surface area (Å²) >= 11 is 0. The van der Waals surface area contributed by atoms with E-state index in [4.69, 9.17) is 9.15 Å². The fraction of sp³-hybridized carbons (Fsp3) is 0.464. The summed E-state index contributed by atoms with van der Waals surface area (Å²) in [5, 5.41) is 12.0. The SMILES string of the molecule is C[N+](C)(CCOCc1ccccc1)Cc1cnc([C@](O)(c2ccccc2)C2CCCCC2)o1.[Br-]. The second kappa shape index (κ2) is 12.1. The summed E-state index contributed by atoms with van der Waals surface area (Å²) in [4.78, 5) is 4.60. The molecule has 1 heterocycles. The maximum atomic E-state index is 12.0. The van der Waals surface area contributed by atoms with E-state index in [-0.39, 0.29) is 22.9 Å². The summed E-state index contributed by atoms with van der Waals surface area (Å²) in [6.45, 7) is 2.84. The van der Waals surface area contributed by atoms with Crippen molar-refractivity contribution in [1.29, 1.82) is 0 Å². The third kappa shape index (κ3) is 6.57. The Kier molecular flexibility index (Phi) is 9.48. The Labute approximate surface area is 214 Å². The number of aliphatic hydroxyl groups is 1. The monoisotopic (exact) mass is 528 g/mol. The maximum absolute atomic E-state index is 12.0. The van der Waals surface area contributed by atoms with Gasteiger partial charge in [-0.05, 0) is 24.0 Å². The zero-order valence-electron chi connectivity index (χ0n) is 20.3. The van der Waals surface area contributed by atoms with Crippen molar-refractivity contribution in [1.82, 2.24) is 4.98 Å². The van der Waals surface area contributed by atoms with Gasteiger partial charge < -0.3 is 35.7 Å². The van der Waals surface area contributed by atoms with Crippen LogP contribution < -0.4 is 17.0 Å². The molecule has 1 aliphatic rings. The van der Waals surface area contributed by atoms with Gasteiger partial charge in [-0.3, -0.25) is 0 Å². The summed E-state index contributed by atoms with van der Waals surface area (Å²) in [5.74, 6) is 1.34. The van der Waals surface area contributed by atoms with E-state index in [9.17, 15) is 5.11 Å². The van der Waals surface area contributed by atoms with E-state index >= 15 is 0 Å². The Morgan fingerprint density at radius 2 is 1.65 bits per heavy atom. The minimum absolute atomic E-state index is 0. The van der Waals surface area contributed by atoms with Gasteiger partial charge in [-0.15, -0.1) is 0 Å². The number of aromatic nitrogens is 1. The van der Waals surface area contributed by atoms with Gasteiger partial charge in [0.2, 0.25) is 5.89 Å². The van der Waals surface area contributed by atoms with E-state index in [1.807, 2.05) is 48.5 Å². The lowest BCUT2D eigenvalue weighted by Crippen LogP contribution is -3.00. The summed E-state index contributed by atoms with van der Waals surface area (Å²) in [6, 6.07) is 20.1. The predicted molar refractivity (Wildman–Crippen MR) is 129 cm³/mol. The second-order valence-corrected chi connectivity index (χ2v) is 9.95. The average molecular weight is 530 g/mol. The number of hydrogen-bond donors (Lipinski definition) is 1. The Morgan fingerprint density at radius 3 is 2.32 bits per heavy atom. The van der Waals surface area contributed by atoms with Crippen molar-refractivity contribution in [3.63, 3.8) is 0 Å². The molecule has 34 heavy (non-hydrogen) atoms. The molecule has 1 saturated carbocycles. The number of benzene rings is 2. The van der Waals surface area contributed by atoms with E-state index < -0.39 is 5.60 Å². The highest BCUT2D eigenvalue weighted by molar-refractivity contribution is 5.30. The molecule has 0 aliphatic heterocycles. The Bertz CT molecular complexity index is 987. The van der Waals surface area contributed by atoms with Crippen molar-refractivity contribution in [3.8, 4) is 0 Å². The fourth-order valence-electron chi connectivity index (χ4n) is 4.88. The van der Waals surface area contributed by atoms with Gasteiger partial charge in [-0.25, -0.2) is 4.98 Å². The Morgan fingerprint density at radius 1 is 1.00 bits per heavy atom. The summed E-state index contributed by atoms with van der Waals surface area (Å²) in [7, 11) is 4.33. The lowest BCUT2D eigenvalue weighted by molar-refractivity contribution is -0.905. The molecule has 1 fully saturated rings. The lowest BCUT2D eigenvalue weighted by atomic mass is 9.73. The van der Waals surface area contributed by atoms with Gasteiger partial charge in [0.15, 0.2) is 11.4 Å². The third-order valence-corrected chi connectivity index (χ3v) is 6.83. The van der Waals surface area contributed by atoms with Gasteiger partial charge in [0, 0.05) is 5.92 Å². The fourth-order valence-corrected chi connectivity index (χ4v) is 4.88. The Balaban J connectivity index is 0.00000324. The zero-order chi connectivity index (χ0) is 23.2. The van der Waals surface area contributed by atoms with Gasteiger partial charge in [0.1, 0.15) is 13.1 Å². The van der Waals surface area contributed by atoms with Crippen LogP contribution >= 0.6 is 0 Å². The zero-order valence-corrected chi connectivity index (χ0v) is 21.9. The van der Waals surface area contributed by atoms with Gasteiger partial charge in [-0.2, -0.15) is 0 Å². The number of likely N-dealkylation sites (N-methyl/N-ethyl adjacent to an activating group) is 1. The van der Waals surface area contributed by atoms with E-state index in [1.54, 1.807) is 6.20 Å². The third-order valence-electron chi connectivity index (χ3n) is 6.83. The molecule has 0 radical (unpaired) electrons. The molecule has 0 spiro atoms. The first-order chi connectivity index (χ1) is 16.0.